The number of carbonyl (C=O) groups excluding carboxylic acids is 1. The monoisotopic (exact) mass is 249 g/mol. The highest BCUT2D eigenvalue weighted by molar-refractivity contribution is 5.98. The van der Waals surface area contributed by atoms with Crippen molar-refractivity contribution in [2.24, 2.45) is 5.92 Å². The molecular formula is C15H23NO2. The van der Waals surface area contributed by atoms with Gasteiger partial charge in [-0.15, -0.1) is 0 Å². The van der Waals surface area contributed by atoms with Gasteiger partial charge < -0.3 is 10.1 Å². The first kappa shape index (κ1) is 14.9. The first-order valence-electron chi connectivity index (χ1n) is 6.46. The van der Waals surface area contributed by atoms with Crippen molar-refractivity contribution in [3.05, 3.63) is 35.4 Å². The molecule has 0 fully saturated rings. The fourth-order valence-corrected chi connectivity index (χ4v) is 1.93. The molecule has 100 valence electrons. The van der Waals surface area contributed by atoms with Gasteiger partial charge in [-0.1, -0.05) is 31.2 Å². The van der Waals surface area contributed by atoms with Gasteiger partial charge in [0, 0.05) is 25.2 Å². The summed E-state index contributed by atoms with van der Waals surface area (Å²) in [4.78, 5) is 12.4. The van der Waals surface area contributed by atoms with Crippen LogP contribution in [0.25, 0.3) is 0 Å². The largest absolute Gasteiger partial charge is 0.385 e. The number of Topliss-reactive ketones (excluding diaryl/α,β-unsaturated/α-hetero) is 1. The molecule has 0 aromatic heterocycles. The molecule has 1 unspecified atom stereocenters. The minimum absolute atomic E-state index is 0.0145. The van der Waals surface area contributed by atoms with Crippen LogP contribution in [0.2, 0.25) is 0 Å². The summed E-state index contributed by atoms with van der Waals surface area (Å²) in [5, 5.41) is 3.11. The number of rotatable bonds is 8. The molecule has 0 saturated heterocycles. The van der Waals surface area contributed by atoms with Gasteiger partial charge in [0.1, 0.15) is 0 Å². The molecule has 3 nitrogen and oxygen atoms in total. The molecule has 0 bridgehead atoms. The second kappa shape index (κ2) is 8.01. The first-order chi connectivity index (χ1) is 8.70. The second-order valence-corrected chi connectivity index (χ2v) is 4.56. The Kier molecular flexibility index (Phi) is 6.61. The summed E-state index contributed by atoms with van der Waals surface area (Å²) in [6.45, 7) is 3.48. The Morgan fingerprint density at radius 1 is 1.39 bits per heavy atom. The van der Waals surface area contributed by atoms with Gasteiger partial charge in [-0.25, -0.2) is 0 Å². The predicted molar refractivity (Wildman–Crippen MR) is 74.1 cm³/mol. The molecule has 1 aromatic rings. The summed E-state index contributed by atoms with van der Waals surface area (Å²) in [5.41, 5.74) is 1.98. The van der Waals surface area contributed by atoms with E-state index in [1.807, 2.05) is 38.2 Å². The van der Waals surface area contributed by atoms with Gasteiger partial charge in [0.15, 0.2) is 5.78 Å². The van der Waals surface area contributed by atoms with E-state index in [-0.39, 0.29) is 11.7 Å². The molecule has 1 rings (SSSR count). The minimum Gasteiger partial charge on any atom is -0.385 e. The topological polar surface area (TPSA) is 38.3 Å². The lowest BCUT2D eigenvalue weighted by atomic mass is 9.92. The van der Waals surface area contributed by atoms with Gasteiger partial charge in [-0.2, -0.15) is 0 Å². The normalized spacial score (nSPS) is 12.4. The quantitative estimate of drug-likeness (QED) is 0.718. The van der Waals surface area contributed by atoms with E-state index in [0.717, 1.165) is 30.5 Å². The maximum absolute atomic E-state index is 12.4. The van der Waals surface area contributed by atoms with Crippen molar-refractivity contribution in [3.63, 3.8) is 0 Å². The summed E-state index contributed by atoms with van der Waals surface area (Å²) in [6, 6.07) is 7.88. The molecule has 18 heavy (non-hydrogen) atoms. The average Bonchev–Trinajstić information content (AvgIpc) is 2.42. The van der Waals surface area contributed by atoms with E-state index in [1.165, 1.54) is 0 Å². The third-order valence-corrected chi connectivity index (χ3v) is 3.13. The van der Waals surface area contributed by atoms with Gasteiger partial charge in [0.25, 0.3) is 0 Å². The Balaban J connectivity index is 2.77. The molecule has 0 amide bonds. The number of hydrogen-bond acceptors (Lipinski definition) is 3. The van der Waals surface area contributed by atoms with Crippen molar-refractivity contribution in [2.45, 2.75) is 19.8 Å². The molecule has 3 heteroatoms. The van der Waals surface area contributed by atoms with Gasteiger partial charge in [-0.3, -0.25) is 4.79 Å². The highest BCUT2D eigenvalue weighted by atomic mass is 16.5. The Morgan fingerprint density at radius 2 is 2.11 bits per heavy atom. The first-order valence-corrected chi connectivity index (χ1v) is 6.46. The molecule has 0 radical (unpaired) electrons. The van der Waals surface area contributed by atoms with Crippen LogP contribution in [0.5, 0.6) is 0 Å². The Bertz CT molecular complexity index is 377. The summed E-state index contributed by atoms with van der Waals surface area (Å²) < 4.78 is 5.03. The van der Waals surface area contributed by atoms with Crippen LogP contribution >= 0.6 is 0 Å². The number of ether oxygens (including phenoxy) is 1. The Hall–Kier alpha value is -1.19. The van der Waals surface area contributed by atoms with Crippen LogP contribution < -0.4 is 5.32 Å². The predicted octanol–water partition coefficient (Wildman–Crippen LogP) is 2.30. The van der Waals surface area contributed by atoms with Crippen LogP contribution in [-0.2, 0) is 11.2 Å². The minimum atomic E-state index is 0.0145. The molecule has 0 heterocycles. The maximum Gasteiger partial charge on any atom is 0.166 e. The number of ketones is 1. The number of hydrogen-bond donors (Lipinski definition) is 1. The lowest BCUT2D eigenvalue weighted by Gasteiger charge is -2.13. The van der Waals surface area contributed by atoms with Crippen molar-refractivity contribution in [1.82, 2.24) is 5.32 Å². The SMILES string of the molecule is CNCCc1ccccc1C(=O)C(C)CCOC. The number of benzene rings is 1. The molecule has 0 saturated carbocycles. The zero-order valence-corrected chi connectivity index (χ0v) is 11.5. The van der Waals surface area contributed by atoms with Crippen LogP contribution in [-0.4, -0.2) is 33.1 Å². The van der Waals surface area contributed by atoms with Crippen molar-refractivity contribution < 1.29 is 9.53 Å². The standard InChI is InChI=1S/C15H23NO2/c1-12(9-11-18-3)15(17)14-7-5-4-6-13(14)8-10-16-2/h4-7,12,16H,8-11H2,1-3H3. The van der Waals surface area contributed by atoms with Crippen LogP contribution in [0, 0.1) is 5.92 Å². The smallest absolute Gasteiger partial charge is 0.166 e. The van der Waals surface area contributed by atoms with Gasteiger partial charge in [0.2, 0.25) is 0 Å². The highest BCUT2D eigenvalue weighted by Gasteiger charge is 2.17. The number of nitrogens with one attached hydrogen (secondary N) is 1. The van der Waals surface area contributed by atoms with E-state index in [4.69, 9.17) is 4.74 Å². The van der Waals surface area contributed by atoms with Crippen molar-refractivity contribution in [1.29, 1.82) is 0 Å². The maximum atomic E-state index is 12.4. The van der Waals surface area contributed by atoms with Crippen molar-refractivity contribution in [3.8, 4) is 0 Å². The van der Waals surface area contributed by atoms with E-state index >= 15 is 0 Å². The molecule has 0 spiro atoms. The third-order valence-electron chi connectivity index (χ3n) is 3.13. The molecule has 1 aromatic carbocycles. The lowest BCUT2D eigenvalue weighted by Crippen LogP contribution is -2.17. The molecule has 1 N–H and O–H groups in total. The van der Waals surface area contributed by atoms with E-state index in [0.29, 0.717) is 6.61 Å². The van der Waals surface area contributed by atoms with Gasteiger partial charge in [-0.05, 0) is 32.0 Å². The molecular weight excluding hydrogens is 226 g/mol. The van der Waals surface area contributed by atoms with E-state index in [2.05, 4.69) is 5.32 Å². The number of methoxy groups -OCH3 is 1. The Morgan fingerprint density at radius 3 is 2.78 bits per heavy atom. The fraction of sp³-hybridized carbons (Fsp3) is 0.533. The average molecular weight is 249 g/mol. The molecule has 0 aliphatic heterocycles. The summed E-state index contributed by atoms with van der Waals surface area (Å²) in [5.74, 6) is 0.236. The highest BCUT2D eigenvalue weighted by Crippen LogP contribution is 2.16. The number of likely N-dealkylation sites (N-methyl/N-ethyl adjacent to an activating group) is 1. The number of carbonyl (C=O) groups is 1. The van der Waals surface area contributed by atoms with Crippen LogP contribution in [0.15, 0.2) is 24.3 Å². The zero-order chi connectivity index (χ0) is 13.4. The van der Waals surface area contributed by atoms with Crippen molar-refractivity contribution in [2.75, 3.05) is 27.3 Å². The van der Waals surface area contributed by atoms with Crippen LogP contribution in [0.1, 0.15) is 29.3 Å². The lowest BCUT2D eigenvalue weighted by molar-refractivity contribution is 0.0893. The van der Waals surface area contributed by atoms with E-state index < -0.39 is 0 Å². The summed E-state index contributed by atoms with van der Waals surface area (Å²) in [6.07, 6.45) is 1.66. The van der Waals surface area contributed by atoms with E-state index in [9.17, 15) is 4.79 Å². The van der Waals surface area contributed by atoms with Crippen LogP contribution in [0.3, 0.4) is 0 Å². The second-order valence-electron chi connectivity index (χ2n) is 4.56. The molecule has 1 atom stereocenters. The summed E-state index contributed by atoms with van der Waals surface area (Å²) in [7, 11) is 3.59. The van der Waals surface area contributed by atoms with E-state index in [1.54, 1.807) is 7.11 Å². The van der Waals surface area contributed by atoms with Crippen LogP contribution in [0.4, 0.5) is 0 Å². The molecule has 0 aliphatic rings. The van der Waals surface area contributed by atoms with Crippen molar-refractivity contribution >= 4 is 5.78 Å². The third kappa shape index (κ3) is 4.24. The zero-order valence-electron chi connectivity index (χ0n) is 11.5. The fourth-order valence-electron chi connectivity index (χ4n) is 1.93. The van der Waals surface area contributed by atoms with Gasteiger partial charge in [0.05, 0.1) is 0 Å². The van der Waals surface area contributed by atoms with Gasteiger partial charge >= 0.3 is 0 Å². The summed E-state index contributed by atoms with van der Waals surface area (Å²) >= 11 is 0. The Labute approximate surface area is 110 Å². The molecule has 0 aliphatic carbocycles.